The van der Waals surface area contributed by atoms with Gasteiger partial charge in [0.1, 0.15) is 12.4 Å². The Morgan fingerprint density at radius 3 is 2.59 bits per heavy atom. The minimum absolute atomic E-state index is 0. The Hall–Kier alpha value is -0.990. The first-order valence-corrected chi connectivity index (χ1v) is 5.79. The van der Waals surface area contributed by atoms with Gasteiger partial charge in [0.05, 0.1) is 0 Å². The molecular formula is C14H22ClNO. The number of hydrogen-bond donors (Lipinski definition) is 1. The van der Waals surface area contributed by atoms with Crippen LogP contribution in [-0.2, 0) is 0 Å². The minimum atomic E-state index is 0. The van der Waals surface area contributed by atoms with Crippen LogP contribution in [-0.4, -0.2) is 19.7 Å². The average Bonchev–Trinajstić information content (AvgIpc) is 2.28. The molecule has 96 valence electrons. The van der Waals surface area contributed by atoms with Gasteiger partial charge in [0.2, 0.25) is 0 Å². The fraction of sp³-hybridized carbons (Fsp3) is 0.429. The molecule has 0 radical (unpaired) electrons. The molecule has 0 amide bonds. The first-order chi connectivity index (χ1) is 7.74. The van der Waals surface area contributed by atoms with Crippen LogP contribution in [0.1, 0.15) is 18.1 Å². The predicted octanol–water partition coefficient (Wildman–Crippen LogP) is 3.27. The molecule has 1 N–H and O–H groups in total. The van der Waals surface area contributed by atoms with E-state index >= 15 is 0 Å². The smallest absolute Gasteiger partial charge is 0.120 e. The lowest BCUT2D eigenvalue weighted by atomic mass is 10.1. The molecule has 0 unspecified atom stereocenters. The molecule has 0 aromatic heterocycles. The first kappa shape index (κ1) is 16.0. The fourth-order valence-corrected chi connectivity index (χ4v) is 1.33. The van der Waals surface area contributed by atoms with Gasteiger partial charge in [-0.1, -0.05) is 25.1 Å². The fourth-order valence-electron chi connectivity index (χ4n) is 1.33. The van der Waals surface area contributed by atoms with Crippen LogP contribution in [0.15, 0.2) is 30.4 Å². The quantitative estimate of drug-likeness (QED) is 0.622. The summed E-state index contributed by atoms with van der Waals surface area (Å²) in [5, 5.41) is 3.22. The summed E-state index contributed by atoms with van der Waals surface area (Å²) in [7, 11) is 0. The van der Waals surface area contributed by atoms with E-state index in [1.807, 2.05) is 12.1 Å². The molecule has 0 saturated heterocycles. The topological polar surface area (TPSA) is 21.3 Å². The molecular weight excluding hydrogens is 234 g/mol. The van der Waals surface area contributed by atoms with Gasteiger partial charge < -0.3 is 10.1 Å². The lowest BCUT2D eigenvalue weighted by Gasteiger charge is -2.05. The highest BCUT2D eigenvalue weighted by Crippen LogP contribution is 2.16. The molecule has 17 heavy (non-hydrogen) atoms. The molecule has 1 aromatic carbocycles. The van der Waals surface area contributed by atoms with E-state index in [2.05, 4.69) is 44.3 Å². The Morgan fingerprint density at radius 1 is 1.18 bits per heavy atom. The maximum atomic E-state index is 5.61. The van der Waals surface area contributed by atoms with E-state index in [0.717, 1.165) is 18.8 Å². The van der Waals surface area contributed by atoms with Crippen molar-refractivity contribution in [3.8, 4) is 5.75 Å². The third kappa shape index (κ3) is 6.35. The van der Waals surface area contributed by atoms with Gasteiger partial charge in [0.15, 0.2) is 0 Å². The van der Waals surface area contributed by atoms with E-state index in [0.29, 0.717) is 6.61 Å². The van der Waals surface area contributed by atoms with E-state index in [4.69, 9.17) is 4.74 Å². The van der Waals surface area contributed by atoms with Gasteiger partial charge in [0.25, 0.3) is 0 Å². The second-order valence-electron chi connectivity index (χ2n) is 3.84. The summed E-state index contributed by atoms with van der Waals surface area (Å²) in [6.07, 6.45) is 4.13. The van der Waals surface area contributed by atoms with Crippen LogP contribution in [0.5, 0.6) is 5.75 Å². The maximum absolute atomic E-state index is 5.61. The summed E-state index contributed by atoms with van der Waals surface area (Å²) in [4.78, 5) is 0. The molecule has 1 aromatic rings. The van der Waals surface area contributed by atoms with Crippen LogP contribution in [0.4, 0.5) is 0 Å². The van der Waals surface area contributed by atoms with Crippen LogP contribution in [0.3, 0.4) is 0 Å². The van der Waals surface area contributed by atoms with E-state index in [1.54, 1.807) is 0 Å². The maximum Gasteiger partial charge on any atom is 0.120 e. The molecule has 0 bridgehead atoms. The van der Waals surface area contributed by atoms with Crippen molar-refractivity contribution in [1.82, 2.24) is 5.32 Å². The van der Waals surface area contributed by atoms with Gasteiger partial charge in [-0.25, -0.2) is 0 Å². The number of nitrogens with one attached hydrogen (secondary N) is 1. The molecule has 0 aliphatic carbocycles. The number of ether oxygens (including phenoxy) is 1. The third-order valence-electron chi connectivity index (χ3n) is 2.50. The van der Waals surface area contributed by atoms with Crippen LogP contribution in [0.2, 0.25) is 0 Å². The zero-order chi connectivity index (χ0) is 11.8. The normalized spacial score (nSPS) is 10.3. The molecule has 3 heteroatoms. The van der Waals surface area contributed by atoms with Crippen molar-refractivity contribution < 1.29 is 4.74 Å². The summed E-state index contributed by atoms with van der Waals surface area (Å²) >= 11 is 0. The second kappa shape index (κ2) is 9.08. The van der Waals surface area contributed by atoms with Gasteiger partial charge >= 0.3 is 0 Å². The van der Waals surface area contributed by atoms with Crippen molar-refractivity contribution in [2.45, 2.75) is 20.8 Å². The van der Waals surface area contributed by atoms with Crippen LogP contribution in [0, 0.1) is 13.8 Å². The minimum Gasteiger partial charge on any atom is -0.490 e. The highest BCUT2D eigenvalue weighted by atomic mass is 35.5. The number of aryl methyl sites for hydroxylation is 2. The van der Waals surface area contributed by atoms with Crippen molar-refractivity contribution in [2.75, 3.05) is 19.7 Å². The zero-order valence-corrected chi connectivity index (χ0v) is 11.6. The van der Waals surface area contributed by atoms with Crippen LogP contribution in [0.25, 0.3) is 0 Å². The summed E-state index contributed by atoms with van der Waals surface area (Å²) in [5.74, 6) is 0.941. The summed E-state index contributed by atoms with van der Waals surface area (Å²) in [5.41, 5.74) is 2.57. The van der Waals surface area contributed by atoms with Crippen molar-refractivity contribution >= 4 is 12.4 Å². The lowest BCUT2D eigenvalue weighted by molar-refractivity contribution is 0.362. The van der Waals surface area contributed by atoms with Gasteiger partial charge in [-0.2, -0.15) is 0 Å². The summed E-state index contributed by atoms with van der Waals surface area (Å²) < 4.78 is 5.61. The predicted molar refractivity (Wildman–Crippen MR) is 76.3 cm³/mol. The van der Waals surface area contributed by atoms with Gasteiger partial charge in [0, 0.05) is 6.54 Å². The van der Waals surface area contributed by atoms with E-state index in [1.165, 1.54) is 11.1 Å². The van der Waals surface area contributed by atoms with Gasteiger partial charge in [-0.05, 0) is 43.7 Å². The van der Waals surface area contributed by atoms with Gasteiger partial charge in [-0.3, -0.25) is 0 Å². The third-order valence-corrected chi connectivity index (χ3v) is 2.50. The van der Waals surface area contributed by atoms with Crippen molar-refractivity contribution in [1.29, 1.82) is 0 Å². The number of hydrogen-bond acceptors (Lipinski definition) is 2. The largest absolute Gasteiger partial charge is 0.490 e. The SMILES string of the molecule is CCNCC=CCOc1ccc(C)c(C)c1.Cl. The van der Waals surface area contributed by atoms with Crippen LogP contribution >= 0.6 is 12.4 Å². The number of likely N-dealkylation sites (N-methyl/N-ethyl adjacent to an activating group) is 1. The monoisotopic (exact) mass is 255 g/mol. The number of halogens is 1. The van der Waals surface area contributed by atoms with Gasteiger partial charge in [-0.15, -0.1) is 12.4 Å². The van der Waals surface area contributed by atoms with E-state index < -0.39 is 0 Å². The van der Waals surface area contributed by atoms with E-state index in [-0.39, 0.29) is 12.4 Å². The molecule has 0 atom stereocenters. The highest BCUT2D eigenvalue weighted by molar-refractivity contribution is 5.85. The summed E-state index contributed by atoms with van der Waals surface area (Å²) in [6.45, 7) is 8.85. The molecule has 0 saturated carbocycles. The van der Waals surface area contributed by atoms with E-state index in [9.17, 15) is 0 Å². The zero-order valence-electron chi connectivity index (χ0n) is 10.8. The molecule has 0 spiro atoms. The Kier molecular flexibility index (Phi) is 8.55. The average molecular weight is 256 g/mol. The van der Waals surface area contributed by atoms with Crippen LogP contribution < -0.4 is 10.1 Å². The van der Waals surface area contributed by atoms with Crippen molar-refractivity contribution in [3.63, 3.8) is 0 Å². The molecule has 0 fully saturated rings. The highest BCUT2D eigenvalue weighted by Gasteiger charge is 1.95. The molecule has 0 heterocycles. The number of rotatable bonds is 6. The number of benzene rings is 1. The Morgan fingerprint density at radius 2 is 1.94 bits per heavy atom. The second-order valence-corrected chi connectivity index (χ2v) is 3.84. The van der Waals surface area contributed by atoms with Crippen molar-refractivity contribution in [2.24, 2.45) is 0 Å². The Labute approximate surface area is 110 Å². The Balaban J connectivity index is 0.00000256. The van der Waals surface area contributed by atoms with Crippen molar-refractivity contribution in [3.05, 3.63) is 41.5 Å². The first-order valence-electron chi connectivity index (χ1n) is 5.79. The molecule has 0 aliphatic rings. The Bertz CT molecular complexity index is 350. The molecule has 0 aliphatic heterocycles. The standard InChI is InChI=1S/C14H21NO.ClH/c1-4-15-9-5-6-10-16-14-8-7-12(2)13(3)11-14;/h5-8,11,15H,4,9-10H2,1-3H3;1H. The summed E-state index contributed by atoms with van der Waals surface area (Å²) in [6, 6.07) is 6.18. The lowest BCUT2D eigenvalue weighted by Crippen LogP contribution is -2.11. The molecule has 1 rings (SSSR count). The molecule has 2 nitrogen and oxygen atoms in total.